The van der Waals surface area contributed by atoms with E-state index in [1.54, 1.807) is 25.1 Å². The van der Waals surface area contributed by atoms with Crippen molar-refractivity contribution in [3.05, 3.63) is 88.7 Å². The Hall–Kier alpha value is -3.15. The smallest absolute Gasteiger partial charge is 0.163 e. The van der Waals surface area contributed by atoms with E-state index in [0.29, 0.717) is 22.8 Å². The molecule has 0 saturated heterocycles. The third-order valence-corrected chi connectivity index (χ3v) is 6.70. The fraction of sp³-hybridized carbons (Fsp3) is 0.333. The van der Waals surface area contributed by atoms with E-state index < -0.39 is 6.10 Å². The van der Waals surface area contributed by atoms with Crippen molar-refractivity contribution in [1.29, 1.82) is 0 Å². The molecule has 4 aromatic rings. The Labute approximate surface area is 217 Å². The number of aliphatic hydroxyl groups excluding tert-OH is 1. The van der Waals surface area contributed by atoms with Gasteiger partial charge in [0.05, 0.1) is 22.9 Å². The molecule has 0 saturated carbocycles. The predicted octanol–water partition coefficient (Wildman–Crippen LogP) is 7.34. The van der Waals surface area contributed by atoms with Gasteiger partial charge in [-0.25, -0.2) is 4.98 Å². The van der Waals surface area contributed by atoms with Gasteiger partial charge in [-0.1, -0.05) is 55.3 Å². The lowest BCUT2D eigenvalue weighted by atomic mass is 9.90. The average molecular weight is 505 g/mol. The van der Waals surface area contributed by atoms with Gasteiger partial charge in [-0.2, -0.15) is 0 Å². The highest BCUT2D eigenvalue weighted by atomic mass is 35.5. The van der Waals surface area contributed by atoms with E-state index in [1.165, 1.54) is 5.56 Å². The highest BCUT2D eigenvalue weighted by molar-refractivity contribution is 6.32. The van der Waals surface area contributed by atoms with Crippen LogP contribution in [0.2, 0.25) is 5.02 Å². The summed E-state index contributed by atoms with van der Waals surface area (Å²) in [6.07, 6.45) is 5.55. The molecule has 1 unspecified atom stereocenters. The maximum Gasteiger partial charge on any atom is 0.163 e. The van der Waals surface area contributed by atoms with E-state index in [0.717, 1.165) is 35.3 Å². The van der Waals surface area contributed by atoms with E-state index >= 15 is 0 Å². The molecule has 0 aliphatic rings. The molecule has 5 nitrogen and oxygen atoms in total. The van der Waals surface area contributed by atoms with Crippen LogP contribution in [0.3, 0.4) is 0 Å². The Kier molecular flexibility index (Phi) is 8.12. The van der Waals surface area contributed by atoms with Gasteiger partial charge in [-0.3, -0.25) is 4.79 Å². The fourth-order valence-electron chi connectivity index (χ4n) is 4.41. The van der Waals surface area contributed by atoms with Crippen molar-refractivity contribution in [2.24, 2.45) is 5.92 Å². The van der Waals surface area contributed by atoms with Gasteiger partial charge in [-0.15, -0.1) is 0 Å². The lowest BCUT2D eigenvalue weighted by Gasteiger charge is -2.15. The lowest BCUT2D eigenvalue weighted by molar-refractivity contribution is 0.0959. The Morgan fingerprint density at radius 1 is 1.11 bits per heavy atom. The molecule has 36 heavy (non-hydrogen) atoms. The second-order valence-electron chi connectivity index (χ2n) is 9.61. The topological polar surface area (TPSA) is 63.8 Å². The quantitative estimate of drug-likeness (QED) is 0.229. The molecule has 0 aliphatic heterocycles. The number of halogens is 1. The molecule has 1 N–H and O–H groups in total. The summed E-state index contributed by atoms with van der Waals surface area (Å²) in [5.41, 5.74) is 5.25. The molecular formula is C30H33ClN2O3. The maximum absolute atomic E-state index is 13.0. The van der Waals surface area contributed by atoms with Crippen LogP contribution in [-0.2, 0) is 6.42 Å². The number of carbonyl (C=O) groups is 1. The largest absolute Gasteiger partial charge is 0.489 e. The molecular weight excluding hydrogens is 472 g/mol. The van der Waals surface area contributed by atoms with Crippen LogP contribution >= 0.6 is 11.6 Å². The van der Waals surface area contributed by atoms with Gasteiger partial charge in [0.2, 0.25) is 0 Å². The molecule has 0 amide bonds. The lowest BCUT2D eigenvalue weighted by Crippen LogP contribution is -2.11. The van der Waals surface area contributed by atoms with Crippen molar-refractivity contribution in [3.8, 4) is 17.0 Å². The molecule has 0 spiro atoms. The molecule has 0 bridgehead atoms. The standard InChI is InChI=1S/C30H33ClN2O3/c1-5-21(16-28(35)24-12-13-29(26(31)17-24)36-19(2)3)15-22-8-10-23(11-9-22)27-18-33-14-6-7-25(20(4)34)30(33)32-27/h6-14,17-21,34H,5,15-16H2,1-4H3/t20?,21-/m1/s1. The van der Waals surface area contributed by atoms with Crippen molar-refractivity contribution in [2.75, 3.05) is 0 Å². The first-order valence-electron chi connectivity index (χ1n) is 12.5. The average Bonchev–Trinajstić information content (AvgIpc) is 3.29. The Bertz CT molecular complexity index is 1340. The molecule has 6 heteroatoms. The van der Waals surface area contributed by atoms with Crippen LogP contribution in [0, 0.1) is 5.92 Å². The summed E-state index contributed by atoms with van der Waals surface area (Å²) < 4.78 is 7.62. The van der Waals surface area contributed by atoms with E-state index in [4.69, 9.17) is 21.3 Å². The number of pyridine rings is 1. The molecule has 188 valence electrons. The molecule has 2 aromatic heterocycles. The number of aromatic nitrogens is 2. The van der Waals surface area contributed by atoms with Gasteiger partial charge >= 0.3 is 0 Å². The number of aliphatic hydroxyl groups is 1. The van der Waals surface area contributed by atoms with Gasteiger partial charge in [0, 0.05) is 35.5 Å². The minimum Gasteiger partial charge on any atom is -0.489 e. The number of ketones is 1. The van der Waals surface area contributed by atoms with E-state index in [9.17, 15) is 9.90 Å². The summed E-state index contributed by atoms with van der Waals surface area (Å²) >= 11 is 6.34. The highest BCUT2D eigenvalue weighted by Crippen LogP contribution is 2.29. The molecule has 0 aliphatic carbocycles. The summed E-state index contributed by atoms with van der Waals surface area (Å²) in [6, 6.07) is 17.5. The normalized spacial score (nSPS) is 13.2. The predicted molar refractivity (Wildman–Crippen MR) is 145 cm³/mol. The summed E-state index contributed by atoms with van der Waals surface area (Å²) in [5, 5.41) is 10.5. The van der Waals surface area contributed by atoms with Crippen LogP contribution in [0.4, 0.5) is 0 Å². The van der Waals surface area contributed by atoms with Gasteiger partial charge < -0.3 is 14.2 Å². The van der Waals surface area contributed by atoms with Crippen molar-refractivity contribution < 1.29 is 14.6 Å². The first kappa shape index (κ1) is 25.9. The van der Waals surface area contributed by atoms with Crippen LogP contribution in [0.5, 0.6) is 5.75 Å². The van der Waals surface area contributed by atoms with Crippen molar-refractivity contribution >= 4 is 23.0 Å². The van der Waals surface area contributed by atoms with Crippen LogP contribution in [0.25, 0.3) is 16.9 Å². The van der Waals surface area contributed by atoms with E-state index in [1.807, 2.05) is 42.8 Å². The van der Waals surface area contributed by atoms with Gasteiger partial charge in [0.1, 0.15) is 11.4 Å². The summed E-state index contributed by atoms with van der Waals surface area (Å²) in [5.74, 6) is 0.927. The molecule has 0 radical (unpaired) electrons. The molecule has 0 fully saturated rings. The second kappa shape index (κ2) is 11.3. The zero-order valence-corrected chi connectivity index (χ0v) is 22.0. The first-order chi connectivity index (χ1) is 17.2. The fourth-order valence-corrected chi connectivity index (χ4v) is 4.63. The van der Waals surface area contributed by atoms with Gasteiger partial charge in [0.25, 0.3) is 0 Å². The molecule has 2 heterocycles. The van der Waals surface area contributed by atoms with Crippen molar-refractivity contribution in [3.63, 3.8) is 0 Å². The summed E-state index contributed by atoms with van der Waals surface area (Å²) in [7, 11) is 0. The number of hydrogen-bond acceptors (Lipinski definition) is 4. The summed E-state index contributed by atoms with van der Waals surface area (Å²) in [4.78, 5) is 17.7. The molecule has 4 rings (SSSR count). The van der Waals surface area contributed by atoms with Gasteiger partial charge in [0.15, 0.2) is 5.78 Å². The summed E-state index contributed by atoms with van der Waals surface area (Å²) in [6.45, 7) is 7.75. The number of hydrogen-bond donors (Lipinski definition) is 1. The maximum atomic E-state index is 13.0. The minimum absolute atomic E-state index is 0.0225. The van der Waals surface area contributed by atoms with Crippen molar-refractivity contribution in [1.82, 2.24) is 9.38 Å². The van der Waals surface area contributed by atoms with E-state index in [2.05, 4.69) is 31.2 Å². The van der Waals surface area contributed by atoms with Crippen LogP contribution < -0.4 is 4.74 Å². The molecule has 2 aromatic carbocycles. The van der Waals surface area contributed by atoms with Gasteiger partial charge in [-0.05, 0) is 62.9 Å². The molecule has 2 atom stereocenters. The number of carbonyl (C=O) groups excluding carboxylic acids is 1. The first-order valence-corrected chi connectivity index (χ1v) is 12.9. The third-order valence-electron chi connectivity index (χ3n) is 6.41. The number of Topliss-reactive ketones (excluding diaryl/α,β-unsaturated/α-hetero) is 1. The number of nitrogens with zero attached hydrogens (tertiary/aromatic N) is 2. The monoisotopic (exact) mass is 504 g/mol. The SMILES string of the molecule is CC[C@@H](CC(=O)c1ccc(OC(C)C)c(Cl)c1)Cc1ccc(-c2cn3cccc(C(C)O)c3n2)cc1. The Morgan fingerprint density at radius 2 is 1.86 bits per heavy atom. The minimum atomic E-state index is -0.581. The highest BCUT2D eigenvalue weighted by Gasteiger charge is 2.17. The number of fused-ring (bicyclic) bond motifs is 1. The zero-order valence-electron chi connectivity index (χ0n) is 21.2. The number of rotatable bonds is 10. The Morgan fingerprint density at radius 3 is 2.50 bits per heavy atom. The number of benzene rings is 2. The number of ether oxygens (including phenoxy) is 1. The van der Waals surface area contributed by atoms with Crippen LogP contribution in [0.1, 0.15) is 68.1 Å². The van der Waals surface area contributed by atoms with E-state index in [-0.39, 0.29) is 17.8 Å². The zero-order chi connectivity index (χ0) is 25.8. The second-order valence-corrected chi connectivity index (χ2v) is 10.0. The van der Waals surface area contributed by atoms with Crippen molar-refractivity contribution in [2.45, 2.75) is 59.2 Å². The number of imidazole rings is 1. The van der Waals surface area contributed by atoms with Crippen LogP contribution in [0.15, 0.2) is 67.0 Å². The third kappa shape index (κ3) is 5.97. The Balaban J connectivity index is 1.44. The van der Waals surface area contributed by atoms with Crippen LogP contribution in [-0.4, -0.2) is 26.4 Å².